The molecular formula is C19H20O3. The van der Waals surface area contributed by atoms with Gasteiger partial charge >= 0.3 is 5.97 Å². The zero-order chi connectivity index (χ0) is 15.9. The fraction of sp³-hybridized carbons (Fsp3) is 0.263. The first-order valence-electron chi connectivity index (χ1n) is 7.36. The van der Waals surface area contributed by atoms with Crippen molar-refractivity contribution in [3.05, 3.63) is 71.3 Å². The zero-order valence-electron chi connectivity index (χ0n) is 12.9. The average molecular weight is 296 g/mol. The lowest BCUT2D eigenvalue weighted by Gasteiger charge is -2.11. The predicted molar refractivity (Wildman–Crippen MR) is 86.0 cm³/mol. The second-order valence-electron chi connectivity index (χ2n) is 5.29. The van der Waals surface area contributed by atoms with Gasteiger partial charge in [0.1, 0.15) is 5.78 Å². The van der Waals surface area contributed by atoms with Gasteiger partial charge in [-0.2, -0.15) is 0 Å². The molecule has 2 rings (SSSR count). The first-order chi connectivity index (χ1) is 10.6. The number of hydrogen-bond donors (Lipinski definition) is 0. The summed E-state index contributed by atoms with van der Waals surface area (Å²) >= 11 is 0. The predicted octanol–water partition coefficient (Wildman–Crippen LogP) is 3.78. The van der Waals surface area contributed by atoms with E-state index in [4.69, 9.17) is 0 Å². The van der Waals surface area contributed by atoms with Crippen molar-refractivity contribution in [2.45, 2.75) is 25.7 Å². The van der Waals surface area contributed by atoms with Gasteiger partial charge in [0.2, 0.25) is 0 Å². The van der Waals surface area contributed by atoms with E-state index in [9.17, 15) is 9.59 Å². The van der Waals surface area contributed by atoms with Gasteiger partial charge in [-0.25, -0.2) is 4.79 Å². The normalized spacial score (nSPS) is 11.7. The Balaban J connectivity index is 1.96. The van der Waals surface area contributed by atoms with Crippen LogP contribution < -0.4 is 0 Å². The molecule has 0 fully saturated rings. The maximum absolute atomic E-state index is 12.3. The van der Waals surface area contributed by atoms with Crippen molar-refractivity contribution >= 4 is 11.8 Å². The van der Waals surface area contributed by atoms with Crippen LogP contribution in [-0.4, -0.2) is 18.9 Å². The van der Waals surface area contributed by atoms with Gasteiger partial charge in [0.25, 0.3) is 0 Å². The van der Waals surface area contributed by atoms with Gasteiger partial charge in [-0.3, -0.25) is 4.79 Å². The summed E-state index contributed by atoms with van der Waals surface area (Å²) in [6, 6.07) is 17.0. The molecule has 0 aromatic heterocycles. The molecular weight excluding hydrogens is 276 g/mol. The third kappa shape index (κ3) is 4.04. The number of carbonyl (C=O) groups is 2. The molecule has 3 nitrogen and oxygen atoms in total. The van der Waals surface area contributed by atoms with E-state index in [1.165, 1.54) is 12.7 Å². The number of ketones is 1. The van der Waals surface area contributed by atoms with Crippen molar-refractivity contribution in [1.82, 2.24) is 0 Å². The van der Waals surface area contributed by atoms with Crippen LogP contribution in [0.15, 0.2) is 54.6 Å². The van der Waals surface area contributed by atoms with E-state index >= 15 is 0 Å². The number of ether oxygens (including phenoxy) is 1. The molecule has 2 aromatic rings. The third-order valence-corrected chi connectivity index (χ3v) is 3.82. The lowest BCUT2D eigenvalue weighted by Crippen LogP contribution is -2.10. The highest BCUT2D eigenvalue weighted by molar-refractivity contribution is 5.90. The minimum atomic E-state index is -0.366. The molecule has 114 valence electrons. The van der Waals surface area contributed by atoms with Crippen molar-refractivity contribution in [3.8, 4) is 0 Å². The van der Waals surface area contributed by atoms with Gasteiger partial charge in [-0.1, -0.05) is 49.4 Å². The largest absolute Gasteiger partial charge is 0.465 e. The maximum Gasteiger partial charge on any atom is 0.337 e. The molecule has 0 aliphatic rings. The molecule has 2 aromatic carbocycles. The molecule has 0 aliphatic heterocycles. The summed E-state index contributed by atoms with van der Waals surface area (Å²) in [5, 5.41) is 0. The smallest absolute Gasteiger partial charge is 0.337 e. The van der Waals surface area contributed by atoms with E-state index in [1.807, 2.05) is 49.4 Å². The molecule has 0 saturated carbocycles. The van der Waals surface area contributed by atoms with E-state index in [0.717, 1.165) is 12.0 Å². The number of aryl methyl sites for hydroxylation is 1. The van der Waals surface area contributed by atoms with Crippen LogP contribution in [0.4, 0.5) is 0 Å². The Kier molecular flexibility index (Phi) is 5.48. The first-order valence-corrected chi connectivity index (χ1v) is 7.36. The lowest BCUT2D eigenvalue weighted by atomic mass is 9.92. The number of esters is 1. The summed E-state index contributed by atoms with van der Waals surface area (Å²) in [6.07, 6.45) is 1.27. The molecule has 0 saturated heterocycles. The Bertz CT molecular complexity index is 629. The number of rotatable bonds is 6. The first kappa shape index (κ1) is 16.0. The summed E-state index contributed by atoms with van der Waals surface area (Å²) < 4.78 is 4.67. The highest BCUT2D eigenvalue weighted by Crippen LogP contribution is 2.19. The number of benzene rings is 2. The van der Waals surface area contributed by atoms with Gasteiger partial charge in [0.05, 0.1) is 12.7 Å². The van der Waals surface area contributed by atoms with E-state index in [2.05, 4.69) is 4.74 Å². The maximum atomic E-state index is 12.3. The molecule has 22 heavy (non-hydrogen) atoms. The number of hydrogen-bond acceptors (Lipinski definition) is 3. The molecule has 1 atom stereocenters. The molecule has 0 radical (unpaired) electrons. The third-order valence-electron chi connectivity index (χ3n) is 3.82. The van der Waals surface area contributed by atoms with E-state index in [0.29, 0.717) is 12.0 Å². The Labute approximate surface area is 130 Å². The van der Waals surface area contributed by atoms with Crippen LogP contribution in [0.5, 0.6) is 0 Å². The standard InChI is InChI=1S/C19H20O3/c1-14(16-9-11-17(12-10-16)19(21)22-2)18(20)13-8-15-6-4-3-5-7-15/h3-7,9-12,14H,8,13H2,1-2H3. The van der Waals surface area contributed by atoms with Gasteiger partial charge < -0.3 is 4.74 Å². The van der Waals surface area contributed by atoms with Crippen LogP contribution in [-0.2, 0) is 16.0 Å². The molecule has 0 heterocycles. The zero-order valence-corrected chi connectivity index (χ0v) is 12.9. The van der Waals surface area contributed by atoms with Gasteiger partial charge in [0.15, 0.2) is 0 Å². The van der Waals surface area contributed by atoms with Crippen LogP contribution >= 0.6 is 0 Å². The van der Waals surface area contributed by atoms with Crippen LogP contribution in [0.1, 0.15) is 40.7 Å². The highest BCUT2D eigenvalue weighted by Gasteiger charge is 2.15. The summed E-state index contributed by atoms with van der Waals surface area (Å²) in [5.41, 5.74) is 2.59. The number of Topliss-reactive ketones (excluding diaryl/α,β-unsaturated/α-hetero) is 1. The van der Waals surface area contributed by atoms with Gasteiger partial charge in [-0.05, 0) is 29.7 Å². The summed E-state index contributed by atoms with van der Waals surface area (Å²) in [5.74, 6) is -0.334. The molecule has 0 bridgehead atoms. The van der Waals surface area contributed by atoms with E-state index in [1.54, 1.807) is 12.1 Å². The average Bonchev–Trinajstić information content (AvgIpc) is 2.59. The van der Waals surface area contributed by atoms with Crippen molar-refractivity contribution in [2.24, 2.45) is 0 Å². The fourth-order valence-corrected chi connectivity index (χ4v) is 2.34. The van der Waals surface area contributed by atoms with Crippen molar-refractivity contribution in [3.63, 3.8) is 0 Å². The number of carbonyl (C=O) groups excluding carboxylic acids is 2. The lowest BCUT2D eigenvalue weighted by molar-refractivity contribution is -0.120. The van der Waals surface area contributed by atoms with Crippen LogP contribution in [0.2, 0.25) is 0 Å². The molecule has 1 unspecified atom stereocenters. The van der Waals surface area contributed by atoms with Crippen LogP contribution in [0.3, 0.4) is 0 Å². The number of methoxy groups -OCH3 is 1. The Morgan fingerprint density at radius 1 is 1.00 bits per heavy atom. The topological polar surface area (TPSA) is 43.4 Å². The van der Waals surface area contributed by atoms with Gasteiger partial charge in [0, 0.05) is 12.3 Å². The van der Waals surface area contributed by atoms with Crippen LogP contribution in [0.25, 0.3) is 0 Å². The minimum absolute atomic E-state index is 0.171. The molecule has 0 N–H and O–H groups in total. The second kappa shape index (κ2) is 7.55. The monoisotopic (exact) mass is 296 g/mol. The molecule has 0 aliphatic carbocycles. The molecule has 3 heteroatoms. The second-order valence-corrected chi connectivity index (χ2v) is 5.29. The quantitative estimate of drug-likeness (QED) is 0.762. The fourth-order valence-electron chi connectivity index (χ4n) is 2.34. The van der Waals surface area contributed by atoms with Crippen molar-refractivity contribution in [1.29, 1.82) is 0 Å². The van der Waals surface area contributed by atoms with E-state index in [-0.39, 0.29) is 17.7 Å². The summed E-state index contributed by atoms with van der Waals surface area (Å²) in [6.45, 7) is 1.90. The Morgan fingerprint density at radius 2 is 1.64 bits per heavy atom. The van der Waals surface area contributed by atoms with Crippen LogP contribution in [0, 0.1) is 0 Å². The van der Waals surface area contributed by atoms with E-state index < -0.39 is 0 Å². The molecule has 0 amide bonds. The highest BCUT2D eigenvalue weighted by atomic mass is 16.5. The minimum Gasteiger partial charge on any atom is -0.465 e. The van der Waals surface area contributed by atoms with Crippen molar-refractivity contribution in [2.75, 3.05) is 7.11 Å². The Morgan fingerprint density at radius 3 is 2.23 bits per heavy atom. The summed E-state index contributed by atoms with van der Waals surface area (Å²) in [4.78, 5) is 23.7. The summed E-state index contributed by atoms with van der Waals surface area (Å²) in [7, 11) is 1.35. The van der Waals surface area contributed by atoms with Crippen molar-refractivity contribution < 1.29 is 14.3 Å². The Hall–Kier alpha value is -2.42. The molecule has 0 spiro atoms. The SMILES string of the molecule is COC(=O)c1ccc(C(C)C(=O)CCc2ccccc2)cc1. The van der Waals surface area contributed by atoms with Gasteiger partial charge in [-0.15, -0.1) is 0 Å².